The van der Waals surface area contributed by atoms with Gasteiger partial charge in [-0.2, -0.15) is 5.26 Å². The highest BCUT2D eigenvalue weighted by molar-refractivity contribution is 7.99. The second kappa shape index (κ2) is 9.59. The maximum atomic E-state index is 13.2. The molecule has 0 amide bonds. The van der Waals surface area contributed by atoms with Gasteiger partial charge in [0.25, 0.3) is 5.56 Å². The van der Waals surface area contributed by atoms with Gasteiger partial charge in [0.05, 0.1) is 23.1 Å². The molecule has 0 spiro atoms. The lowest BCUT2D eigenvalue weighted by Crippen LogP contribution is -2.34. The molecule has 0 aliphatic carbocycles. The molecule has 0 radical (unpaired) electrons. The number of ether oxygens (including phenoxy) is 1. The van der Waals surface area contributed by atoms with Crippen molar-refractivity contribution in [3.63, 3.8) is 0 Å². The number of carbonyl (C=O) groups is 1. The Kier molecular flexibility index (Phi) is 6.43. The van der Waals surface area contributed by atoms with Gasteiger partial charge in [-0.05, 0) is 24.1 Å². The first kappa shape index (κ1) is 22.1. The quantitative estimate of drug-likeness (QED) is 0.459. The summed E-state index contributed by atoms with van der Waals surface area (Å²) in [5.41, 5.74) is 7.68. The molecule has 0 bridgehead atoms. The molecule has 2 N–H and O–H groups in total. The normalized spacial score (nSPS) is 15.2. The van der Waals surface area contributed by atoms with Crippen molar-refractivity contribution in [1.82, 2.24) is 9.55 Å². The first-order chi connectivity index (χ1) is 16.0. The number of esters is 1. The summed E-state index contributed by atoms with van der Waals surface area (Å²) in [6, 6.07) is 20.8. The lowest BCUT2D eigenvalue weighted by Gasteiger charge is -2.28. The van der Waals surface area contributed by atoms with Gasteiger partial charge in [-0.25, -0.2) is 14.3 Å². The maximum Gasteiger partial charge on any atom is 0.339 e. The van der Waals surface area contributed by atoms with Crippen LogP contribution in [0.2, 0.25) is 0 Å². The monoisotopic (exact) mass is 456 g/mol. The highest BCUT2D eigenvalue weighted by Gasteiger charge is 2.36. The number of nitrogens with two attached hydrogens (primary N) is 1. The van der Waals surface area contributed by atoms with E-state index in [2.05, 4.69) is 4.98 Å². The molecule has 164 valence electrons. The van der Waals surface area contributed by atoms with Gasteiger partial charge < -0.3 is 10.5 Å². The summed E-state index contributed by atoms with van der Waals surface area (Å²) < 4.78 is 6.34. The Morgan fingerprint density at radius 1 is 1.18 bits per heavy atom. The summed E-state index contributed by atoms with van der Waals surface area (Å²) in [7, 11) is 0. The average molecular weight is 457 g/mol. The lowest BCUT2D eigenvalue weighted by molar-refractivity contribution is -0.138. The Morgan fingerprint density at radius 3 is 2.48 bits per heavy atom. The van der Waals surface area contributed by atoms with Gasteiger partial charge in [0.15, 0.2) is 5.16 Å². The van der Waals surface area contributed by atoms with Crippen LogP contribution in [-0.2, 0) is 9.53 Å². The van der Waals surface area contributed by atoms with Crippen LogP contribution in [0.15, 0.2) is 76.2 Å². The Bertz CT molecular complexity index is 1360. The molecule has 1 aliphatic heterocycles. The zero-order valence-electron chi connectivity index (χ0n) is 17.8. The van der Waals surface area contributed by atoms with E-state index in [4.69, 9.17) is 10.5 Å². The molecule has 8 heteroatoms. The molecule has 1 aliphatic rings. The fourth-order valence-electron chi connectivity index (χ4n) is 3.48. The Morgan fingerprint density at radius 2 is 1.85 bits per heavy atom. The molecule has 1 atom stereocenters. The van der Waals surface area contributed by atoms with Gasteiger partial charge in [-0.15, -0.1) is 0 Å². The molecule has 1 aromatic heterocycles. The van der Waals surface area contributed by atoms with Crippen molar-refractivity contribution < 1.29 is 9.53 Å². The zero-order chi connectivity index (χ0) is 23.4. The Hall–Kier alpha value is -4.09. The third-order valence-corrected chi connectivity index (χ3v) is 6.25. The van der Waals surface area contributed by atoms with Crippen molar-refractivity contribution >= 4 is 35.7 Å². The van der Waals surface area contributed by atoms with E-state index in [1.54, 1.807) is 19.1 Å². The third kappa shape index (κ3) is 4.31. The summed E-state index contributed by atoms with van der Waals surface area (Å²) in [6.45, 7) is 1.86. The van der Waals surface area contributed by atoms with Gasteiger partial charge in [0.1, 0.15) is 17.5 Å². The van der Waals surface area contributed by atoms with Crippen molar-refractivity contribution in [3.8, 4) is 6.07 Å². The zero-order valence-corrected chi connectivity index (χ0v) is 18.6. The number of benzene rings is 2. The van der Waals surface area contributed by atoms with Crippen LogP contribution in [0.5, 0.6) is 0 Å². The van der Waals surface area contributed by atoms with Crippen LogP contribution in [-0.4, -0.2) is 22.1 Å². The van der Waals surface area contributed by atoms with Crippen molar-refractivity contribution in [2.45, 2.75) is 17.3 Å². The minimum Gasteiger partial charge on any atom is -0.462 e. The first-order valence-corrected chi connectivity index (χ1v) is 11.1. The molecule has 0 saturated heterocycles. The number of fused-ring (bicyclic) bond motifs is 1. The molecule has 1 unspecified atom stereocenters. The topological polar surface area (TPSA) is 111 Å². The van der Waals surface area contributed by atoms with Gasteiger partial charge in [0.2, 0.25) is 0 Å². The van der Waals surface area contributed by atoms with Gasteiger partial charge in [-0.1, -0.05) is 78.5 Å². The number of rotatable bonds is 5. The van der Waals surface area contributed by atoms with E-state index < -0.39 is 16.8 Å². The fraction of sp³-hybridized carbons (Fsp3) is 0.120. The van der Waals surface area contributed by atoms with Crippen LogP contribution < -0.4 is 11.3 Å². The maximum absolute atomic E-state index is 13.2. The number of hydrogen-bond acceptors (Lipinski definition) is 7. The van der Waals surface area contributed by atoms with Crippen LogP contribution in [0, 0.1) is 11.3 Å². The predicted octanol–water partition coefficient (Wildman–Crippen LogP) is 3.82. The Labute approximate surface area is 194 Å². The van der Waals surface area contributed by atoms with Gasteiger partial charge in [-0.3, -0.25) is 4.79 Å². The number of aromatic nitrogens is 2. The van der Waals surface area contributed by atoms with E-state index in [0.29, 0.717) is 5.16 Å². The highest BCUT2D eigenvalue weighted by atomic mass is 32.2. The van der Waals surface area contributed by atoms with Crippen molar-refractivity contribution in [2.75, 3.05) is 6.61 Å². The Balaban J connectivity index is 1.90. The number of hydrogen-bond donors (Lipinski definition) is 1. The molecule has 0 fully saturated rings. The molecular formula is C25H20N4O3S. The second-order valence-electron chi connectivity index (χ2n) is 7.08. The minimum atomic E-state index is -0.631. The van der Waals surface area contributed by atoms with E-state index in [1.807, 2.05) is 66.7 Å². The molecule has 2 heterocycles. The van der Waals surface area contributed by atoms with Crippen LogP contribution in [0.1, 0.15) is 34.6 Å². The summed E-state index contributed by atoms with van der Waals surface area (Å²) in [5.74, 6) is -0.691. The smallest absolute Gasteiger partial charge is 0.339 e. The number of thioether (sulfide) groups is 1. The molecule has 7 nitrogen and oxygen atoms in total. The van der Waals surface area contributed by atoms with E-state index in [9.17, 15) is 14.9 Å². The molecule has 2 aromatic carbocycles. The van der Waals surface area contributed by atoms with Crippen LogP contribution in [0.3, 0.4) is 0 Å². The van der Waals surface area contributed by atoms with Gasteiger partial charge in [0, 0.05) is 0 Å². The van der Waals surface area contributed by atoms with E-state index in [1.165, 1.54) is 11.8 Å². The fourth-order valence-corrected chi connectivity index (χ4v) is 4.75. The van der Waals surface area contributed by atoms with E-state index >= 15 is 0 Å². The molecule has 3 aromatic rings. The molecular weight excluding hydrogens is 436 g/mol. The first-order valence-electron chi connectivity index (χ1n) is 10.2. The number of nitrogens with zero attached hydrogens (tertiary/aromatic N) is 3. The van der Waals surface area contributed by atoms with E-state index in [0.717, 1.165) is 15.7 Å². The largest absolute Gasteiger partial charge is 0.462 e. The standard InChI is InChI=1S/C25H20N4O3S/c1-2-32-24(31)20-21(17-11-7-4-8-12-17)33-25-28-19(14-13-16-9-5-3-6-10-16)18(15-26)23(30)29(25)22(20)27/h3-14,21H,2,27H2,1H3. The predicted molar refractivity (Wildman–Crippen MR) is 128 cm³/mol. The molecule has 4 rings (SSSR count). The van der Waals surface area contributed by atoms with E-state index in [-0.39, 0.29) is 29.3 Å². The van der Waals surface area contributed by atoms with Crippen molar-refractivity contribution in [2.24, 2.45) is 5.73 Å². The van der Waals surface area contributed by atoms with Crippen LogP contribution in [0.4, 0.5) is 0 Å². The average Bonchev–Trinajstić information content (AvgIpc) is 2.83. The molecule has 33 heavy (non-hydrogen) atoms. The van der Waals surface area contributed by atoms with Gasteiger partial charge >= 0.3 is 5.97 Å². The van der Waals surface area contributed by atoms with Crippen LogP contribution >= 0.6 is 11.8 Å². The summed E-state index contributed by atoms with van der Waals surface area (Å²) in [5, 5.41) is 9.46. The van der Waals surface area contributed by atoms with Crippen LogP contribution in [0.25, 0.3) is 18.0 Å². The summed E-state index contributed by atoms with van der Waals surface area (Å²) in [6.07, 6.45) is 3.42. The second-order valence-corrected chi connectivity index (χ2v) is 8.15. The highest BCUT2D eigenvalue weighted by Crippen LogP contribution is 2.45. The lowest BCUT2D eigenvalue weighted by atomic mass is 10.0. The summed E-state index contributed by atoms with van der Waals surface area (Å²) in [4.78, 5) is 30.6. The number of nitriles is 1. The van der Waals surface area contributed by atoms with Crippen molar-refractivity contribution in [3.05, 3.63) is 99.0 Å². The van der Waals surface area contributed by atoms with Crippen molar-refractivity contribution in [1.29, 1.82) is 5.26 Å². The molecule has 0 saturated carbocycles. The third-order valence-electron chi connectivity index (χ3n) is 5.03. The SMILES string of the molecule is CCOC(=O)C1=C(N)n2c(nc(C=Cc3ccccc3)c(C#N)c2=O)SC1c1ccccc1. The number of carbonyl (C=O) groups excluding carboxylic acids is 1. The summed E-state index contributed by atoms with van der Waals surface area (Å²) >= 11 is 1.22. The minimum absolute atomic E-state index is 0.0800.